The van der Waals surface area contributed by atoms with E-state index in [9.17, 15) is 4.79 Å². The number of carbonyl (C=O) groups excluding carboxylic acids is 1. The number of benzene rings is 1. The van der Waals surface area contributed by atoms with Crippen molar-refractivity contribution < 1.29 is 9.53 Å². The molecule has 1 fully saturated rings. The van der Waals surface area contributed by atoms with Gasteiger partial charge in [0.05, 0.1) is 12.6 Å². The lowest BCUT2D eigenvalue weighted by Gasteiger charge is -2.31. The molecule has 1 aliphatic rings. The standard InChI is InChI=1S/C19H21N5O2/c1-26-18-5-2-14-12-15(3-4-16(14)22-18)21-19(25)24-10-7-13(8-11-24)17-6-9-20-23-17/h2-6,9,12-13H,7-8,10-11H2,1H3,(H,20,23)(H,21,25). The molecule has 1 aromatic carbocycles. The van der Waals surface area contributed by atoms with Crippen molar-refractivity contribution in [2.75, 3.05) is 25.5 Å². The molecule has 0 atom stereocenters. The van der Waals surface area contributed by atoms with Crippen molar-refractivity contribution >= 4 is 22.6 Å². The van der Waals surface area contributed by atoms with E-state index in [1.54, 1.807) is 13.3 Å². The van der Waals surface area contributed by atoms with Crippen molar-refractivity contribution in [1.82, 2.24) is 20.1 Å². The number of nitrogens with zero attached hydrogens (tertiary/aromatic N) is 3. The third kappa shape index (κ3) is 3.33. The number of nitrogens with one attached hydrogen (secondary N) is 2. The predicted molar refractivity (Wildman–Crippen MR) is 99.4 cm³/mol. The van der Waals surface area contributed by atoms with Crippen molar-refractivity contribution in [3.8, 4) is 5.88 Å². The fourth-order valence-electron chi connectivity index (χ4n) is 3.39. The van der Waals surface area contributed by atoms with Crippen LogP contribution in [0, 0.1) is 0 Å². The van der Waals surface area contributed by atoms with Gasteiger partial charge in [0.2, 0.25) is 5.88 Å². The first-order valence-corrected chi connectivity index (χ1v) is 8.73. The first-order chi connectivity index (χ1) is 12.7. The Balaban J connectivity index is 1.39. The van der Waals surface area contributed by atoms with Crippen LogP contribution < -0.4 is 10.1 Å². The van der Waals surface area contributed by atoms with E-state index in [4.69, 9.17) is 4.74 Å². The maximum absolute atomic E-state index is 12.6. The summed E-state index contributed by atoms with van der Waals surface area (Å²) in [5.74, 6) is 1.03. The van der Waals surface area contributed by atoms with Gasteiger partial charge in [-0.1, -0.05) is 0 Å². The quantitative estimate of drug-likeness (QED) is 0.758. The number of hydrogen-bond acceptors (Lipinski definition) is 4. The van der Waals surface area contributed by atoms with Crippen LogP contribution in [0.2, 0.25) is 0 Å². The molecule has 0 radical (unpaired) electrons. The summed E-state index contributed by atoms with van der Waals surface area (Å²) in [4.78, 5) is 18.8. The number of pyridine rings is 1. The minimum atomic E-state index is -0.0612. The van der Waals surface area contributed by atoms with Crippen molar-refractivity contribution in [2.45, 2.75) is 18.8 Å². The fourth-order valence-corrected chi connectivity index (χ4v) is 3.39. The molecule has 0 aliphatic carbocycles. The average molecular weight is 351 g/mol. The Labute approximate surface area is 151 Å². The van der Waals surface area contributed by atoms with Gasteiger partial charge < -0.3 is 15.0 Å². The maximum atomic E-state index is 12.6. The molecule has 134 valence electrons. The van der Waals surface area contributed by atoms with Crippen molar-refractivity contribution in [2.24, 2.45) is 0 Å². The van der Waals surface area contributed by atoms with Crippen LogP contribution in [0.25, 0.3) is 10.9 Å². The fraction of sp³-hybridized carbons (Fsp3) is 0.316. The summed E-state index contributed by atoms with van der Waals surface area (Å²) in [5, 5.41) is 11.0. The Hall–Kier alpha value is -3.09. The highest BCUT2D eigenvalue weighted by Crippen LogP contribution is 2.27. The van der Waals surface area contributed by atoms with Crippen molar-refractivity contribution in [1.29, 1.82) is 0 Å². The topological polar surface area (TPSA) is 83.1 Å². The molecular weight excluding hydrogens is 330 g/mol. The van der Waals surface area contributed by atoms with Gasteiger partial charge >= 0.3 is 6.03 Å². The van der Waals surface area contributed by atoms with Crippen molar-refractivity contribution in [3.63, 3.8) is 0 Å². The van der Waals surface area contributed by atoms with E-state index in [-0.39, 0.29) is 6.03 Å². The van der Waals surface area contributed by atoms with Gasteiger partial charge in [-0.15, -0.1) is 0 Å². The van der Waals surface area contributed by atoms with Crippen LogP contribution in [-0.4, -0.2) is 46.3 Å². The molecule has 2 amide bonds. The molecule has 7 heteroatoms. The number of aromatic amines is 1. The summed E-state index contributed by atoms with van der Waals surface area (Å²) in [6.45, 7) is 1.48. The van der Waals surface area contributed by atoms with E-state index >= 15 is 0 Å². The number of fused-ring (bicyclic) bond motifs is 1. The number of aromatic nitrogens is 3. The molecule has 3 aromatic rings. The molecule has 0 unspecified atom stereocenters. The predicted octanol–water partition coefficient (Wildman–Crippen LogP) is 3.38. The second-order valence-electron chi connectivity index (χ2n) is 6.46. The highest BCUT2D eigenvalue weighted by molar-refractivity contribution is 5.92. The second kappa shape index (κ2) is 7.03. The molecule has 2 N–H and O–H groups in total. The molecule has 0 spiro atoms. The number of methoxy groups -OCH3 is 1. The Bertz CT molecular complexity index is 901. The van der Waals surface area contributed by atoms with Crippen LogP contribution in [0.4, 0.5) is 10.5 Å². The molecule has 26 heavy (non-hydrogen) atoms. The number of piperidine rings is 1. The average Bonchev–Trinajstić information content (AvgIpc) is 3.22. The number of rotatable bonds is 3. The summed E-state index contributed by atoms with van der Waals surface area (Å²) in [6.07, 6.45) is 3.66. The third-order valence-electron chi connectivity index (χ3n) is 4.87. The van der Waals surface area contributed by atoms with Gasteiger partial charge in [0.15, 0.2) is 0 Å². The van der Waals surface area contributed by atoms with Crippen LogP contribution in [0.3, 0.4) is 0 Å². The summed E-state index contributed by atoms with van der Waals surface area (Å²) >= 11 is 0. The molecule has 7 nitrogen and oxygen atoms in total. The number of likely N-dealkylation sites (tertiary alicyclic amines) is 1. The first kappa shape index (κ1) is 16.4. The molecule has 2 aromatic heterocycles. The Morgan fingerprint density at radius 2 is 2.08 bits per heavy atom. The van der Waals surface area contributed by atoms with Gasteiger partial charge in [0.25, 0.3) is 0 Å². The van der Waals surface area contributed by atoms with Crippen LogP contribution >= 0.6 is 0 Å². The normalized spacial score (nSPS) is 15.2. The van der Waals surface area contributed by atoms with E-state index in [1.165, 1.54) is 0 Å². The minimum absolute atomic E-state index is 0.0612. The Kier molecular flexibility index (Phi) is 4.43. The summed E-state index contributed by atoms with van der Waals surface area (Å²) in [5.41, 5.74) is 2.76. The molecular formula is C19H21N5O2. The number of urea groups is 1. The lowest BCUT2D eigenvalue weighted by molar-refractivity contribution is 0.194. The Morgan fingerprint density at radius 3 is 2.81 bits per heavy atom. The molecule has 1 saturated heterocycles. The van der Waals surface area contributed by atoms with Gasteiger partial charge in [-0.05, 0) is 43.2 Å². The molecule has 3 heterocycles. The first-order valence-electron chi connectivity index (χ1n) is 8.73. The van der Waals surface area contributed by atoms with Gasteiger partial charge in [-0.3, -0.25) is 5.10 Å². The number of hydrogen-bond donors (Lipinski definition) is 2. The van der Waals surface area contributed by atoms with Gasteiger partial charge in [0, 0.05) is 48.0 Å². The van der Waals surface area contributed by atoms with E-state index in [0.717, 1.165) is 48.2 Å². The summed E-state index contributed by atoms with van der Waals surface area (Å²) in [7, 11) is 1.60. The molecule has 4 rings (SSSR count). The highest BCUT2D eigenvalue weighted by atomic mass is 16.5. The molecule has 1 aliphatic heterocycles. The van der Waals surface area contributed by atoms with E-state index < -0.39 is 0 Å². The number of anilines is 1. The lowest BCUT2D eigenvalue weighted by Crippen LogP contribution is -2.40. The smallest absolute Gasteiger partial charge is 0.321 e. The maximum Gasteiger partial charge on any atom is 0.321 e. The summed E-state index contributed by atoms with van der Waals surface area (Å²) in [6, 6.07) is 11.4. The van der Waals surface area contributed by atoms with E-state index in [1.807, 2.05) is 41.3 Å². The van der Waals surface area contributed by atoms with E-state index in [0.29, 0.717) is 11.8 Å². The zero-order chi connectivity index (χ0) is 17.9. The highest BCUT2D eigenvalue weighted by Gasteiger charge is 2.24. The number of H-pyrrole nitrogens is 1. The van der Waals surface area contributed by atoms with E-state index in [2.05, 4.69) is 20.5 Å². The van der Waals surface area contributed by atoms with Crippen LogP contribution in [-0.2, 0) is 0 Å². The van der Waals surface area contributed by atoms with Crippen LogP contribution in [0.5, 0.6) is 5.88 Å². The summed E-state index contributed by atoms with van der Waals surface area (Å²) < 4.78 is 5.14. The number of carbonyl (C=O) groups is 1. The SMILES string of the molecule is COc1ccc2cc(NC(=O)N3CCC(c4ccn[nH]4)CC3)ccc2n1. The zero-order valence-corrected chi connectivity index (χ0v) is 14.6. The van der Waals surface area contributed by atoms with Gasteiger partial charge in [-0.25, -0.2) is 9.78 Å². The largest absolute Gasteiger partial charge is 0.481 e. The second-order valence-corrected chi connectivity index (χ2v) is 6.46. The third-order valence-corrected chi connectivity index (χ3v) is 4.87. The van der Waals surface area contributed by atoms with Crippen LogP contribution in [0.1, 0.15) is 24.5 Å². The van der Waals surface area contributed by atoms with Crippen molar-refractivity contribution in [3.05, 3.63) is 48.3 Å². The Morgan fingerprint density at radius 1 is 1.23 bits per heavy atom. The molecule has 0 bridgehead atoms. The molecule has 0 saturated carbocycles. The minimum Gasteiger partial charge on any atom is -0.481 e. The van der Waals surface area contributed by atoms with Gasteiger partial charge in [-0.2, -0.15) is 5.10 Å². The monoisotopic (exact) mass is 351 g/mol. The zero-order valence-electron chi connectivity index (χ0n) is 14.6. The number of ether oxygens (including phenoxy) is 1. The van der Waals surface area contributed by atoms with Crippen LogP contribution in [0.15, 0.2) is 42.6 Å². The lowest BCUT2D eigenvalue weighted by atomic mass is 9.94. The number of amides is 2. The van der Waals surface area contributed by atoms with Gasteiger partial charge in [0.1, 0.15) is 0 Å².